The summed E-state index contributed by atoms with van der Waals surface area (Å²) in [5.74, 6) is -0.303. The van der Waals surface area contributed by atoms with E-state index < -0.39 is 0 Å². The van der Waals surface area contributed by atoms with Crippen molar-refractivity contribution in [3.05, 3.63) is 47.6 Å². The van der Waals surface area contributed by atoms with Gasteiger partial charge < -0.3 is 4.74 Å². The van der Waals surface area contributed by atoms with E-state index in [9.17, 15) is 4.79 Å². The maximum absolute atomic E-state index is 11.6. The van der Waals surface area contributed by atoms with Gasteiger partial charge in [0.25, 0.3) is 0 Å². The summed E-state index contributed by atoms with van der Waals surface area (Å²) in [5, 5.41) is 3.02. The van der Waals surface area contributed by atoms with Crippen LogP contribution in [0.1, 0.15) is 17.3 Å². The van der Waals surface area contributed by atoms with Gasteiger partial charge in [-0.1, -0.05) is 12.1 Å². The van der Waals surface area contributed by atoms with E-state index in [1.54, 1.807) is 36.7 Å². The van der Waals surface area contributed by atoms with Crippen molar-refractivity contribution in [2.45, 2.75) is 6.92 Å². The summed E-state index contributed by atoms with van der Waals surface area (Å²) in [6, 6.07) is 9.28. The number of benzene rings is 1. The van der Waals surface area contributed by atoms with Crippen LogP contribution in [0.3, 0.4) is 0 Å². The summed E-state index contributed by atoms with van der Waals surface area (Å²) in [5.41, 5.74) is 2.39. The van der Waals surface area contributed by atoms with Crippen LogP contribution in [0.5, 0.6) is 0 Å². The molecule has 4 nitrogen and oxygen atoms in total. The Kier molecular flexibility index (Phi) is 3.43. The van der Waals surface area contributed by atoms with Gasteiger partial charge in [0.05, 0.1) is 17.9 Å². The SMILES string of the molecule is CCOC(=O)c1ccc(-c2ncnc3sccc23)cc1. The minimum absolute atomic E-state index is 0.303. The number of nitrogens with zero attached hydrogens (tertiary/aromatic N) is 2. The molecule has 0 spiro atoms. The van der Waals surface area contributed by atoms with Gasteiger partial charge >= 0.3 is 5.97 Å². The van der Waals surface area contributed by atoms with Gasteiger partial charge in [0.2, 0.25) is 0 Å². The number of hydrogen-bond donors (Lipinski definition) is 0. The highest BCUT2D eigenvalue weighted by molar-refractivity contribution is 7.16. The third-order valence-corrected chi connectivity index (χ3v) is 3.75. The van der Waals surface area contributed by atoms with Gasteiger partial charge in [0.15, 0.2) is 0 Å². The molecule has 0 N–H and O–H groups in total. The van der Waals surface area contributed by atoms with Crippen LogP contribution in [0.25, 0.3) is 21.5 Å². The van der Waals surface area contributed by atoms with Crippen molar-refractivity contribution in [2.75, 3.05) is 6.61 Å². The molecule has 3 aromatic rings. The standard InChI is InChI=1S/C15H12N2O2S/c1-2-19-15(18)11-5-3-10(4-6-11)13-12-7-8-20-14(12)17-9-16-13/h3-9H,2H2,1H3. The number of thiophene rings is 1. The molecule has 0 saturated carbocycles. The lowest BCUT2D eigenvalue weighted by molar-refractivity contribution is 0.0526. The second-order valence-corrected chi connectivity index (χ2v) is 5.05. The average molecular weight is 284 g/mol. The van der Waals surface area contributed by atoms with E-state index >= 15 is 0 Å². The Morgan fingerprint density at radius 2 is 2.00 bits per heavy atom. The van der Waals surface area contributed by atoms with E-state index in [0.717, 1.165) is 21.5 Å². The number of rotatable bonds is 3. The normalized spacial score (nSPS) is 10.7. The largest absolute Gasteiger partial charge is 0.462 e. The molecule has 0 aliphatic carbocycles. The van der Waals surface area contributed by atoms with Gasteiger partial charge in [0.1, 0.15) is 11.2 Å². The first kappa shape index (κ1) is 12.7. The van der Waals surface area contributed by atoms with Crippen LogP contribution >= 0.6 is 11.3 Å². The number of esters is 1. The Morgan fingerprint density at radius 1 is 1.20 bits per heavy atom. The second kappa shape index (κ2) is 5.38. The molecule has 0 radical (unpaired) electrons. The van der Waals surface area contributed by atoms with E-state index in [-0.39, 0.29) is 5.97 Å². The number of ether oxygens (including phenoxy) is 1. The Hall–Kier alpha value is -2.27. The minimum atomic E-state index is -0.303. The van der Waals surface area contributed by atoms with E-state index in [1.807, 2.05) is 23.6 Å². The predicted octanol–water partition coefficient (Wildman–Crippen LogP) is 3.54. The molecule has 2 aromatic heterocycles. The Labute approximate surface area is 120 Å². The Morgan fingerprint density at radius 3 is 2.75 bits per heavy atom. The second-order valence-electron chi connectivity index (χ2n) is 4.16. The fourth-order valence-corrected chi connectivity index (χ4v) is 2.73. The molecule has 0 atom stereocenters. The van der Waals surface area contributed by atoms with Crippen molar-refractivity contribution in [1.82, 2.24) is 9.97 Å². The van der Waals surface area contributed by atoms with E-state index in [0.29, 0.717) is 12.2 Å². The zero-order chi connectivity index (χ0) is 13.9. The van der Waals surface area contributed by atoms with Crippen LogP contribution in [-0.2, 0) is 4.74 Å². The number of aromatic nitrogens is 2. The topological polar surface area (TPSA) is 52.1 Å². The van der Waals surface area contributed by atoms with Gasteiger partial charge in [-0.15, -0.1) is 11.3 Å². The van der Waals surface area contributed by atoms with Crippen LogP contribution in [0.2, 0.25) is 0 Å². The maximum Gasteiger partial charge on any atom is 0.338 e. The Balaban J connectivity index is 1.99. The monoisotopic (exact) mass is 284 g/mol. The molecule has 2 heterocycles. The van der Waals surface area contributed by atoms with Gasteiger partial charge in [-0.25, -0.2) is 14.8 Å². The number of hydrogen-bond acceptors (Lipinski definition) is 5. The number of carbonyl (C=O) groups is 1. The lowest BCUT2D eigenvalue weighted by Gasteiger charge is -2.04. The zero-order valence-corrected chi connectivity index (χ0v) is 11.7. The van der Waals surface area contributed by atoms with Gasteiger partial charge in [-0.05, 0) is 30.5 Å². The average Bonchev–Trinajstić information content (AvgIpc) is 2.96. The summed E-state index contributed by atoms with van der Waals surface area (Å²) in [4.78, 5) is 21.2. The first-order valence-corrected chi connectivity index (χ1v) is 7.13. The summed E-state index contributed by atoms with van der Waals surface area (Å²) in [6.45, 7) is 2.17. The van der Waals surface area contributed by atoms with Crippen molar-refractivity contribution < 1.29 is 9.53 Å². The summed E-state index contributed by atoms with van der Waals surface area (Å²) < 4.78 is 4.97. The van der Waals surface area contributed by atoms with Gasteiger partial charge in [0, 0.05) is 10.9 Å². The van der Waals surface area contributed by atoms with Crippen molar-refractivity contribution in [1.29, 1.82) is 0 Å². The van der Waals surface area contributed by atoms with Gasteiger partial charge in [-0.3, -0.25) is 0 Å². The van der Waals surface area contributed by atoms with Crippen molar-refractivity contribution in [3.8, 4) is 11.3 Å². The van der Waals surface area contributed by atoms with Crippen molar-refractivity contribution in [2.24, 2.45) is 0 Å². The van der Waals surface area contributed by atoms with E-state index in [4.69, 9.17) is 4.74 Å². The molecular weight excluding hydrogens is 272 g/mol. The van der Waals surface area contributed by atoms with Crippen LogP contribution < -0.4 is 0 Å². The molecule has 0 aliphatic rings. The van der Waals surface area contributed by atoms with Crippen LogP contribution in [-0.4, -0.2) is 22.5 Å². The summed E-state index contributed by atoms with van der Waals surface area (Å²) in [6.07, 6.45) is 1.56. The third-order valence-electron chi connectivity index (χ3n) is 2.93. The third kappa shape index (κ3) is 2.28. The van der Waals surface area contributed by atoms with Crippen LogP contribution in [0.4, 0.5) is 0 Å². The number of fused-ring (bicyclic) bond motifs is 1. The Bertz CT molecular complexity index is 750. The molecule has 20 heavy (non-hydrogen) atoms. The highest BCUT2D eigenvalue weighted by atomic mass is 32.1. The predicted molar refractivity (Wildman–Crippen MR) is 78.8 cm³/mol. The van der Waals surface area contributed by atoms with Crippen molar-refractivity contribution >= 4 is 27.5 Å². The molecule has 0 saturated heterocycles. The summed E-state index contributed by atoms with van der Waals surface area (Å²) >= 11 is 1.59. The molecule has 3 rings (SSSR count). The number of carbonyl (C=O) groups excluding carboxylic acids is 1. The minimum Gasteiger partial charge on any atom is -0.462 e. The quantitative estimate of drug-likeness (QED) is 0.690. The fraction of sp³-hybridized carbons (Fsp3) is 0.133. The fourth-order valence-electron chi connectivity index (χ4n) is 2.00. The first-order chi connectivity index (χ1) is 9.79. The smallest absolute Gasteiger partial charge is 0.338 e. The van der Waals surface area contributed by atoms with E-state index in [2.05, 4.69) is 9.97 Å². The molecule has 0 unspecified atom stereocenters. The maximum atomic E-state index is 11.6. The molecule has 0 amide bonds. The van der Waals surface area contributed by atoms with Crippen molar-refractivity contribution in [3.63, 3.8) is 0 Å². The molecule has 5 heteroatoms. The van der Waals surface area contributed by atoms with Gasteiger partial charge in [-0.2, -0.15) is 0 Å². The molecule has 0 bridgehead atoms. The zero-order valence-electron chi connectivity index (χ0n) is 10.9. The molecular formula is C15H12N2O2S. The first-order valence-electron chi connectivity index (χ1n) is 6.25. The van der Waals surface area contributed by atoms with Crippen LogP contribution in [0.15, 0.2) is 42.0 Å². The molecule has 100 valence electrons. The lowest BCUT2D eigenvalue weighted by atomic mass is 10.1. The highest BCUT2D eigenvalue weighted by Gasteiger charge is 2.09. The lowest BCUT2D eigenvalue weighted by Crippen LogP contribution is -2.04. The van der Waals surface area contributed by atoms with E-state index in [1.165, 1.54) is 0 Å². The molecule has 0 fully saturated rings. The molecule has 0 aliphatic heterocycles. The molecule has 1 aromatic carbocycles. The highest BCUT2D eigenvalue weighted by Crippen LogP contribution is 2.28. The summed E-state index contributed by atoms with van der Waals surface area (Å²) in [7, 11) is 0. The van der Waals surface area contributed by atoms with Crippen LogP contribution in [0, 0.1) is 0 Å².